The molecular formula is C16H21N7O. The molecule has 2 unspecified atom stereocenters. The predicted octanol–water partition coefficient (Wildman–Crippen LogP) is 1.02. The zero-order chi connectivity index (χ0) is 17.3. The van der Waals surface area contributed by atoms with Crippen LogP contribution in [0, 0.1) is 24.2 Å². The first-order valence-corrected chi connectivity index (χ1v) is 8.06. The van der Waals surface area contributed by atoms with E-state index in [0.717, 1.165) is 17.9 Å². The second-order valence-electron chi connectivity index (χ2n) is 6.35. The van der Waals surface area contributed by atoms with Crippen LogP contribution in [0.2, 0.25) is 0 Å². The highest BCUT2D eigenvalue weighted by Crippen LogP contribution is 2.26. The summed E-state index contributed by atoms with van der Waals surface area (Å²) in [7, 11) is 2.01. The number of aryl methyl sites for hydroxylation is 1. The minimum atomic E-state index is -0.0976. The molecule has 8 nitrogen and oxygen atoms in total. The highest BCUT2D eigenvalue weighted by Gasteiger charge is 2.32. The fraction of sp³-hybridized carbons (Fsp3) is 0.562. The summed E-state index contributed by atoms with van der Waals surface area (Å²) in [5, 5.41) is 13.0. The molecule has 126 valence electrons. The number of nitrogens with zero attached hydrogens (tertiary/aromatic N) is 7. The molecule has 0 N–H and O–H groups in total. The van der Waals surface area contributed by atoms with Gasteiger partial charge in [-0.2, -0.15) is 19.9 Å². The van der Waals surface area contributed by atoms with Crippen molar-refractivity contribution in [1.82, 2.24) is 24.5 Å². The molecule has 0 radical (unpaired) electrons. The lowest BCUT2D eigenvalue weighted by molar-refractivity contribution is -0.131. The summed E-state index contributed by atoms with van der Waals surface area (Å²) >= 11 is 0. The van der Waals surface area contributed by atoms with E-state index in [9.17, 15) is 4.79 Å². The topological polar surface area (TPSA) is 90.4 Å². The molecule has 2 atom stereocenters. The highest BCUT2D eigenvalue weighted by atomic mass is 16.2. The van der Waals surface area contributed by atoms with Gasteiger partial charge in [-0.15, -0.1) is 0 Å². The van der Waals surface area contributed by atoms with Crippen molar-refractivity contribution in [3.05, 3.63) is 18.1 Å². The maximum Gasteiger partial charge on any atom is 0.254 e. The van der Waals surface area contributed by atoms with Gasteiger partial charge in [0.05, 0.1) is 12.1 Å². The van der Waals surface area contributed by atoms with Crippen LogP contribution in [0.15, 0.2) is 12.4 Å². The molecular weight excluding hydrogens is 306 g/mol. The summed E-state index contributed by atoms with van der Waals surface area (Å²) in [4.78, 5) is 24.6. The zero-order valence-corrected chi connectivity index (χ0v) is 14.2. The van der Waals surface area contributed by atoms with Gasteiger partial charge in [-0.05, 0) is 19.3 Å². The average molecular weight is 327 g/mol. The van der Waals surface area contributed by atoms with E-state index >= 15 is 0 Å². The number of anilines is 1. The van der Waals surface area contributed by atoms with E-state index in [4.69, 9.17) is 5.26 Å². The van der Waals surface area contributed by atoms with Crippen molar-refractivity contribution in [2.24, 2.45) is 5.92 Å². The first kappa shape index (κ1) is 16.2. The third-order valence-corrected chi connectivity index (χ3v) is 4.72. The normalized spacial score (nSPS) is 20.8. The van der Waals surface area contributed by atoms with Crippen LogP contribution in [-0.2, 0) is 4.79 Å². The van der Waals surface area contributed by atoms with Crippen LogP contribution in [0.1, 0.15) is 25.5 Å². The molecule has 2 aromatic heterocycles. The van der Waals surface area contributed by atoms with E-state index < -0.39 is 0 Å². The van der Waals surface area contributed by atoms with Crippen molar-refractivity contribution < 1.29 is 4.79 Å². The molecule has 1 aliphatic rings. The summed E-state index contributed by atoms with van der Waals surface area (Å²) in [5.74, 6) is 1.80. The Balaban J connectivity index is 1.89. The van der Waals surface area contributed by atoms with Crippen LogP contribution in [0.5, 0.6) is 0 Å². The SMILES string of the molecule is Cc1cc(N(C)C2CN(C(=O)CC#N)CCC2C)n2ncnc2n1. The van der Waals surface area contributed by atoms with Crippen molar-refractivity contribution in [2.75, 3.05) is 25.0 Å². The second kappa shape index (κ2) is 6.43. The Bertz CT molecular complexity index is 793. The molecule has 0 bridgehead atoms. The van der Waals surface area contributed by atoms with Crippen LogP contribution in [0.3, 0.4) is 0 Å². The molecule has 1 saturated heterocycles. The predicted molar refractivity (Wildman–Crippen MR) is 88.3 cm³/mol. The van der Waals surface area contributed by atoms with E-state index in [2.05, 4.69) is 26.9 Å². The number of fused-ring (bicyclic) bond motifs is 1. The van der Waals surface area contributed by atoms with Crippen LogP contribution in [0.4, 0.5) is 5.82 Å². The Morgan fingerprint density at radius 3 is 3.08 bits per heavy atom. The first-order chi connectivity index (χ1) is 11.5. The lowest BCUT2D eigenvalue weighted by Gasteiger charge is -2.42. The van der Waals surface area contributed by atoms with Crippen molar-refractivity contribution >= 4 is 17.5 Å². The fourth-order valence-corrected chi connectivity index (χ4v) is 3.29. The summed E-state index contributed by atoms with van der Waals surface area (Å²) in [5.41, 5.74) is 0.873. The molecule has 1 aliphatic heterocycles. The number of piperidine rings is 1. The molecule has 0 aliphatic carbocycles. The number of aromatic nitrogens is 4. The minimum Gasteiger partial charge on any atom is -0.354 e. The number of carbonyl (C=O) groups excluding carboxylic acids is 1. The molecule has 24 heavy (non-hydrogen) atoms. The molecule has 8 heteroatoms. The van der Waals surface area contributed by atoms with E-state index in [1.807, 2.05) is 26.1 Å². The van der Waals surface area contributed by atoms with Gasteiger partial charge in [-0.3, -0.25) is 4.79 Å². The maximum atomic E-state index is 12.1. The monoisotopic (exact) mass is 327 g/mol. The molecule has 1 fully saturated rings. The zero-order valence-electron chi connectivity index (χ0n) is 14.2. The van der Waals surface area contributed by atoms with E-state index in [-0.39, 0.29) is 18.4 Å². The number of carbonyl (C=O) groups is 1. The quantitative estimate of drug-likeness (QED) is 0.836. The summed E-state index contributed by atoms with van der Waals surface area (Å²) in [6.07, 6.45) is 2.34. The van der Waals surface area contributed by atoms with Gasteiger partial charge in [-0.1, -0.05) is 6.92 Å². The van der Waals surface area contributed by atoms with Gasteiger partial charge < -0.3 is 9.80 Å². The van der Waals surface area contributed by atoms with Crippen molar-refractivity contribution in [3.63, 3.8) is 0 Å². The standard InChI is InChI=1S/C16H21N7O/c1-11-5-7-22(15(24)4-6-17)9-13(11)21(3)14-8-12(2)20-16-18-10-19-23(14)16/h8,10-11,13H,4-5,7,9H2,1-3H3. The second-order valence-corrected chi connectivity index (χ2v) is 6.35. The number of hydrogen-bond donors (Lipinski definition) is 0. The van der Waals surface area contributed by atoms with Gasteiger partial charge >= 0.3 is 0 Å². The number of nitriles is 1. The van der Waals surface area contributed by atoms with Crippen molar-refractivity contribution in [1.29, 1.82) is 5.26 Å². The number of likely N-dealkylation sites (tertiary alicyclic amines) is 1. The average Bonchev–Trinajstić information content (AvgIpc) is 3.02. The van der Waals surface area contributed by atoms with E-state index in [0.29, 0.717) is 24.8 Å². The summed E-state index contributed by atoms with van der Waals surface area (Å²) in [6.45, 7) is 5.44. The van der Waals surface area contributed by atoms with Crippen molar-refractivity contribution in [2.45, 2.75) is 32.7 Å². The molecule has 3 rings (SSSR count). The molecule has 0 spiro atoms. The Kier molecular flexibility index (Phi) is 4.34. The molecule has 2 aromatic rings. The van der Waals surface area contributed by atoms with Crippen LogP contribution < -0.4 is 4.90 Å². The number of rotatable bonds is 3. The van der Waals surface area contributed by atoms with Gasteiger partial charge in [0.25, 0.3) is 5.78 Å². The maximum absolute atomic E-state index is 12.1. The van der Waals surface area contributed by atoms with Gasteiger partial charge in [0, 0.05) is 31.9 Å². The Morgan fingerprint density at radius 2 is 2.33 bits per heavy atom. The fourth-order valence-electron chi connectivity index (χ4n) is 3.29. The third kappa shape index (κ3) is 2.89. The van der Waals surface area contributed by atoms with Crippen LogP contribution in [-0.4, -0.2) is 56.6 Å². The third-order valence-electron chi connectivity index (χ3n) is 4.72. The van der Waals surface area contributed by atoms with Crippen LogP contribution >= 0.6 is 0 Å². The molecule has 0 aromatic carbocycles. The van der Waals surface area contributed by atoms with E-state index in [1.54, 1.807) is 9.42 Å². The Labute approximate surface area is 140 Å². The first-order valence-electron chi connectivity index (χ1n) is 8.06. The molecule has 0 saturated carbocycles. The smallest absolute Gasteiger partial charge is 0.254 e. The highest BCUT2D eigenvalue weighted by molar-refractivity contribution is 5.78. The van der Waals surface area contributed by atoms with Gasteiger partial charge in [0.15, 0.2) is 0 Å². The number of hydrogen-bond acceptors (Lipinski definition) is 6. The lowest BCUT2D eigenvalue weighted by Crippen LogP contribution is -2.53. The Hall–Kier alpha value is -2.69. The minimum absolute atomic E-state index is 0.0630. The lowest BCUT2D eigenvalue weighted by atomic mass is 9.92. The number of amides is 1. The van der Waals surface area contributed by atoms with Gasteiger partial charge in [0.2, 0.25) is 5.91 Å². The van der Waals surface area contributed by atoms with Gasteiger partial charge in [-0.25, -0.2) is 4.98 Å². The summed E-state index contributed by atoms with van der Waals surface area (Å²) < 4.78 is 1.72. The Morgan fingerprint density at radius 1 is 1.54 bits per heavy atom. The largest absolute Gasteiger partial charge is 0.354 e. The van der Waals surface area contributed by atoms with Gasteiger partial charge in [0.1, 0.15) is 18.6 Å². The molecule has 3 heterocycles. The summed E-state index contributed by atoms with van der Waals surface area (Å²) in [6, 6.07) is 4.07. The molecule has 1 amide bonds. The number of likely N-dealkylation sites (N-methyl/N-ethyl adjacent to an activating group) is 1. The van der Waals surface area contributed by atoms with E-state index in [1.165, 1.54) is 6.33 Å². The van der Waals surface area contributed by atoms with Crippen LogP contribution in [0.25, 0.3) is 5.78 Å². The van der Waals surface area contributed by atoms with Crippen molar-refractivity contribution in [3.8, 4) is 6.07 Å².